The van der Waals surface area contributed by atoms with E-state index in [0.717, 1.165) is 5.69 Å². The van der Waals surface area contributed by atoms with E-state index in [1.165, 1.54) is 31.1 Å². The van der Waals surface area contributed by atoms with Crippen LogP contribution in [0.1, 0.15) is 40.4 Å². The van der Waals surface area contributed by atoms with Crippen molar-refractivity contribution in [1.82, 2.24) is 10.2 Å². The van der Waals surface area contributed by atoms with Crippen molar-refractivity contribution in [3.05, 3.63) is 88.4 Å². The van der Waals surface area contributed by atoms with Gasteiger partial charge < -0.3 is 41.5 Å². The van der Waals surface area contributed by atoms with E-state index in [4.69, 9.17) is 5.73 Å². The second-order valence-electron chi connectivity index (χ2n) is 13.1. The number of amides is 2. The van der Waals surface area contributed by atoms with Gasteiger partial charge in [0.05, 0.1) is 29.3 Å². The van der Waals surface area contributed by atoms with E-state index in [0.29, 0.717) is 5.56 Å². The van der Waals surface area contributed by atoms with E-state index in [2.05, 4.69) is 17.2 Å². The van der Waals surface area contributed by atoms with Crippen molar-refractivity contribution in [1.29, 1.82) is 0 Å². The molecule has 0 saturated carbocycles. The number of nitrogens with one attached hydrogen (secondary N) is 2. The Morgan fingerprint density at radius 2 is 1.69 bits per heavy atom. The number of nitrogens with zero attached hydrogens (tertiary/aromatic N) is 2. The second kappa shape index (κ2) is 12.8. The molecule has 0 spiro atoms. The molecule has 2 amide bonds. The summed E-state index contributed by atoms with van der Waals surface area (Å²) in [5.41, 5.74) is 2.19. The first-order valence-corrected chi connectivity index (χ1v) is 15.6. The molecular weight excluding hydrogens is 634 g/mol. The number of aliphatic hydroxyl groups excluding tert-OH is 3. The standard InChI is InChI=1S/C35H41N5O9/c1-7-14-37-25(16-8-10-17(11-9-16)39(3)4)34(48)38-19-13-12-18-15(2)20-22(28(42)21(18)27(19)41)31(45)35(49)24(29(20)43)26(40(5)6)30(44)23(32(35)46)33(36)47/h7-13,15,20,24-26,29,37,41,43-45,49H,1,14H2,2-6H3,(H2,36,47)(H,38,48)/t15?,20?,24?,25?,26-,29?,35?/m0/s1. The lowest BCUT2D eigenvalue weighted by atomic mass is 9.55. The molecule has 0 aromatic heterocycles. The largest absolute Gasteiger partial charge is 0.510 e. The first kappa shape index (κ1) is 35.3. The number of nitrogens with two attached hydrogens (primary N) is 1. The van der Waals surface area contributed by atoms with E-state index >= 15 is 0 Å². The minimum Gasteiger partial charge on any atom is -0.510 e. The van der Waals surface area contributed by atoms with Crippen LogP contribution >= 0.6 is 0 Å². The summed E-state index contributed by atoms with van der Waals surface area (Å²) in [6.45, 7) is 5.60. The topological polar surface area (TPSA) is 226 Å². The van der Waals surface area contributed by atoms with E-state index in [1.807, 2.05) is 31.1 Å². The lowest BCUT2D eigenvalue weighted by molar-refractivity contribution is -0.162. The molecule has 0 bridgehead atoms. The Morgan fingerprint density at radius 3 is 2.24 bits per heavy atom. The Kier molecular flexibility index (Phi) is 9.21. The van der Waals surface area contributed by atoms with Crippen molar-refractivity contribution in [3.63, 3.8) is 0 Å². The van der Waals surface area contributed by atoms with Crippen molar-refractivity contribution in [2.45, 2.75) is 36.6 Å². The van der Waals surface area contributed by atoms with Gasteiger partial charge in [0.2, 0.25) is 11.7 Å². The molecule has 0 heterocycles. The Labute approximate surface area is 282 Å². The smallest absolute Gasteiger partial charge is 0.255 e. The van der Waals surface area contributed by atoms with Gasteiger partial charge in [-0.15, -0.1) is 6.58 Å². The van der Waals surface area contributed by atoms with Crippen molar-refractivity contribution in [3.8, 4) is 5.75 Å². The zero-order chi connectivity index (χ0) is 36.3. The molecule has 49 heavy (non-hydrogen) atoms. The van der Waals surface area contributed by atoms with Crippen LogP contribution in [0.25, 0.3) is 0 Å². The summed E-state index contributed by atoms with van der Waals surface area (Å²) in [6, 6.07) is 7.91. The maximum absolute atomic E-state index is 14.2. The van der Waals surface area contributed by atoms with E-state index in [9.17, 15) is 44.7 Å². The molecule has 0 aliphatic heterocycles. The number of aromatic hydroxyl groups is 1. The molecule has 3 aliphatic carbocycles. The van der Waals surface area contributed by atoms with Crippen molar-refractivity contribution >= 4 is 34.8 Å². The number of phenols is 1. The highest BCUT2D eigenvalue weighted by atomic mass is 16.4. The number of hydrogen-bond acceptors (Lipinski definition) is 12. The van der Waals surface area contributed by atoms with Crippen LogP contribution in [0, 0.1) is 11.8 Å². The first-order chi connectivity index (χ1) is 23.0. The fourth-order valence-corrected chi connectivity index (χ4v) is 7.46. The monoisotopic (exact) mass is 675 g/mol. The predicted octanol–water partition coefficient (Wildman–Crippen LogP) is 1.17. The minimum absolute atomic E-state index is 0.128. The number of phenolic OH excluding ortho intramolecular Hbond substituents is 1. The highest BCUT2D eigenvalue weighted by Gasteiger charge is 2.67. The minimum atomic E-state index is -3.03. The Bertz CT molecular complexity index is 1820. The summed E-state index contributed by atoms with van der Waals surface area (Å²) in [7, 11) is 6.70. The van der Waals surface area contributed by atoms with Crippen molar-refractivity contribution in [2.75, 3.05) is 45.0 Å². The van der Waals surface area contributed by atoms with Gasteiger partial charge >= 0.3 is 0 Å². The first-order valence-electron chi connectivity index (χ1n) is 15.6. The molecule has 3 aliphatic rings. The molecule has 2 aromatic rings. The van der Waals surface area contributed by atoms with Gasteiger partial charge in [-0.1, -0.05) is 31.2 Å². The zero-order valence-electron chi connectivity index (χ0n) is 27.8. The Hall–Kier alpha value is -5.02. The van der Waals surface area contributed by atoms with Crippen LogP contribution in [0.2, 0.25) is 0 Å². The normalized spacial score (nSPS) is 26.9. The maximum atomic E-state index is 14.2. The molecule has 7 atom stereocenters. The van der Waals surface area contributed by atoms with Gasteiger partial charge in [-0.25, -0.2) is 0 Å². The lowest BCUT2D eigenvalue weighted by Gasteiger charge is -2.53. The summed E-state index contributed by atoms with van der Waals surface area (Å²) in [5.74, 6) is -10.6. The molecule has 0 fully saturated rings. The van der Waals surface area contributed by atoms with E-state index in [1.54, 1.807) is 25.1 Å². The van der Waals surface area contributed by atoms with Gasteiger partial charge in [-0.2, -0.15) is 0 Å². The molecule has 0 saturated heterocycles. The van der Waals surface area contributed by atoms with Crippen LogP contribution in [0.5, 0.6) is 5.75 Å². The number of benzene rings is 2. The zero-order valence-corrected chi connectivity index (χ0v) is 27.8. The number of ketones is 2. The molecule has 9 N–H and O–H groups in total. The van der Waals surface area contributed by atoms with E-state index in [-0.39, 0.29) is 23.4 Å². The fraction of sp³-hybridized carbons (Fsp3) is 0.371. The number of anilines is 2. The molecule has 260 valence electrons. The molecule has 5 rings (SSSR count). The lowest BCUT2D eigenvalue weighted by Crippen LogP contribution is -2.68. The highest BCUT2D eigenvalue weighted by Crippen LogP contribution is 2.56. The summed E-state index contributed by atoms with van der Waals surface area (Å²) < 4.78 is 0. The summed E-state index contributed by atoms with van der Waals surface area (Å²) in [5, 5.41) is 63.5. The molecule has 2 aromatic carbocycles. The number of carbonyl (C=O) groups excluding carboxylic acids is 4. The summed E-state index contributed by atoms with van der Waals surface area (Å²) in [4.78, 5) is 56.9. The predicted molar refractivity (Wildman–Crippen MR) is 180 cm³/mol. The van der Waals surface area contributed by atoms with Crippen molar-refractivity contribution in [2.24, 2.45) is 17.6 Å². The van der Waals surface area contributed by atoms with Crippen molar-refractivity contribution < 1.29 is 44.7 Å². The molecule has 6 unspecified atom stereocenters. The quantitative estimate of drug-likeness (QED) is 0.107. The molecule has 0 radical (unpaired) electrons. The van der Waals surface area contributed by atoms with E-state index < -0.39 is 93.3 Å². The van der Waals surface area contributed by atoms with Crippen LogP contribution < -0.4 is 21.3 Å². The number of likely N-dealkylation sites (N-methyl/N-ethyl adjacent to an activating group) is 1. The number of primary amides is 1. The highest BCUT2D eigenvalue weighted by molar-refractivity contribution is 6.25. The summed E-state index contributed by atoms with van der Waals surface area (Å²) in [6.07, 6.45) is -0.132. The maximum Gasteiger partial charge on any atom is 0.255 e. The number of hydrogen-bond donors (Lipinski definition) is 8. The third-order valence-electron chi connectivity index (χ3n) is 9.86. The van der Waals surface area contributed by atoms with Gasteiger partial charge in [-0.3, -0.25) is 29.4 Å². The molecular formula is C35H41N5O9. The second-order valence-corrected chi connectivity index (χ2v) is 13.1. The number of rotatable bonds is 9. The van der Waals surface area contributed by atoms with Gasteiger partial charge in [-0.05, 0) is 49.3 Å². The summed E-state index contributed by atoms with van der Waals surface area (Å²) >= 11 is 0. The fourth-order valence-electron chi connectivity index (χ4n) is 7.46. The average Bonchev–Trinajstić information content (AvgIpc) is 3.04. The molecule has 14 nitrogen and oxygen atoms in total. The average molecular weight is 676 g/mol. The van der Waals surface area contributed by atoms with Crippen LogP contribution in [0.15, 0.2) is 71.7 Å². The van der Waals surface area contributed by atoms with Crippen LogP contribution in [-0.4, -0.2) is 106 Å². The van der Waals surface area contributed by atoms with Crippen LogP contribution in [-0.2, 0) is 14.4 Å². The van der Waals surface area contributed by atoms with Crippen LogP contribution in [0.4, 0.5) is 11.4 Å². The van der Waals surface area contributed by atoms with Gasteiger partial charge in [0.15, 0.2) is 17.1 Å². The number of carbonyl (C=O) groups is 4. The van der Waals surface area contributed by atoms with Crippen LogP contribution in [0.3, 0.4) is 0 Å². The van der Waals surface area contributed by atoms with Gasteiger partial charge in [0, 0.05) is 37.8 Å². The van der Waals surface area contributed by atoms with Gasteiger partial charge in [0.25, 0.3) is 5.91 Å². The number of Topliss-reactive ketones (excluding diaryl/α,β-unsaturated/α-hetero) is 2. The third-order valence-corrected chi connectivity index (χ3v) is 9.86. The number of fused-ring (bicyclic) bond motifs is 3. The molecule has 14 heteroatoms. The SMILES string of the molecule is C=CCNC(C(=O)Nc1ccc2c(c1O)C(=O)C1=C(O)C3(O)C(=O)C(C(N)=O)=C(O)[C@@H](N(C)C)C3C(O)C1C2C)c1ccc(N(C)C)cc1. The number of aliphatic hydroxyl groups is 4. The third kappa shape index (κ3) is 5.37. The van der Waals surface area contributed by atoms with Gasteiger partial charge in [0.1, 0.15) is 23.1 Å². The Balaban J connectivity index is 1.59. The Morgan fingerprint density at radius 1 is 1.06 bits per heavy atom.